The van der Waals surface area contributed by atoms with Crippen LogP contribution in [0.25, 0.3) is 0 Å². The molecule has 0 aliphatic carbocycles. The van der Waals surface area contributed by atoms with Crippen molar-refractivity contribution in [2.45, 2.75) is 52.2 Å². The molecule has 16 heavy (non-hydrogen) atoms. The van der Waals surface area contributed by atoms with E-state index in [1.165, 1.54) is 11.8 Å². The highest BCUT2D eigenvalue weighted by molar-refractivity contribution is 8.14. The number of hydrogen-bond donors (Lipinski definition) is 0. The largest absolute Gasteiger partial charge is 0.465 e. The minimum Gasteiger partial charge on any atom is -0.465 e. The molecule has 0 bridgehead atoms. The summed E-state index contributed by atoms with van der Waals surface area (Å²) in [6, 6.07) is 0. The van der Waals surface area contributed by atoms with Crippen molar-refractivity contribution >= 4 is 22.8 Å². The van der Waals surface area contributed by atoms with Crippen LogP contribution in [0.4, 0.5) is 0 Å². The molecule has 0 rings (SSSR count). The molecular formula is C12H22O3S. The summed E-state index contributed by atoms with van der Waals surface area (Å²) in [6.45, 7) is 7.72. The zero-order valence-corrected chi connectivity index (χ0v) is 11.4. The molecule has 0 aromatic rings. The molecule has 0 spiro atoms. The van der Waals surface area contributed by atoms with Crippen LogP contribution in [-0.4, -0.2) is 22.9 Å². The lowest BCUT2D eigenvalue weighted by Crippen LogP contribution is -2.16. The fourth-order valence-corrected chi connectivity index (χ4v) is 2.31. The Morgan fingerprint density at radius 3 is 2.31 bits per heavy atom. The summed E-state index contributed by atoms with van der Waals surface area (Å²) < 4.78 is 5.10. The summed E-state index contributed by atoms with van der Waals surface area (Å²) in [5, 5.41) is 0.413. The lowest BCUT2D eigenvalue weighted by atomic mass is 10.2. The van der Waals surface area contributed by atoms with E-state index in [1.54, 1.807) is 6.92 Å². The number of rotatable bonds is 7. The first-order chi connectivity index (χ1) is 7.47. The lowest BCUT2D eigenvalue weighted by Gasteiger charge is -2.14. The average molecular weight is 246 g/mol. The van der Waals surface area contributed by atoms with Crippen molar-refractivity contribution in [3.05, 3.63) is 0 Å². The fraction of sp³-hybridized carbons (Fsp3) is 0.833. The highest BCUT2D eigenvalue weighted by Crippen LogP contribution is 2.20. The summed E-state index contributed by atoms with van der Waals surface area (Å²) in [5.74, 6) is -0.242. The Hall–Kier alpha value is -0.510. The topological polar surface area (TPSA) is 43.4 Å². The van der Waals surface area contributed by atoms with Gasteiger partial charge < -0.3 is 4.74 Å². The molecule has 0 N–H and O–H groups in total. The van der Waals surface area contributed by atoms with E-state index in [0.29, 0.717) is 6.61 Å². The van der Waals surface area contributed by atoms with Gasteiger partial charge in [-0.2, -0.15) is 0 Å². The molecule has 4 heteroatoms. The molecule has 0 radical (unpaired) electrons. The number of carbonyl (C=O) groups is 2. The van der Waals surface area contributed by atoms with Gasteiger partial charge in [0.05, 0.1) is 12.5 Å². The van der Waals surface area contributed by atoms with Crippen molar-refractivity contribution in [3.8, 4) is 0 Å². The Balaban J connectivity index is 3.83. The number of thioether (sulfide) groups is 1. The third-order valence-electron chi connectivity index (χ3n) is 2.10. The van der Waals surface area contributed by atoms with E-state index in [0.717, 1.165) is 19.3 Å². The fourth-order valence-electron chi connectivity index (χ4n) is 1.28. The van der Waals surface area contributed by atoms with Gasteiger partial charge in [-0.3, -0.25) is 9.59 Å². The number of carbonyl (C=O) groups excluding carboxylic acids is 2. The molecule has 0 heterocycles. The van der Waals surface area contributed by atoms with Crippen molar-refractivity contribution in [2.75, 3.05) is 6.61 Å². The second-order valence-electron chi connectivity index (χ2n) is 4.13. The molecule has 94 valence electrons. The van der Waals surface area contributed by atoms with Crippen LogP contribution in [0.15, 0.2) is 0 Å². The Kier molecular flexibility index (Phi) is 8.35. The molecule has 1 unspecified atom stereocenters. The van der Waals surface area contributed by atoms with Gasteiger partial charge in [0.2, 0.25) is 0 Å². The molecule has 1 atom stereocenters. The third-order valence-corrected chi connectivity index (χ3v) is 3.24. The van der Waals surface area contributed by atoms with Crippen LogP contribution in [0.2, 0.25) is 0 Å². The summed E-state index contributed by atoms with van der Waals surface area (Å²) in [5.41, 5.74) is 0. The SMILES string of the molecule is CCCC(CCOC(=O)C(C)C)SC(C)=O. The van der Waals surface area contributed by atoms with Crippen molar-refractivity contribution in [1.82, 2.24) is 0 Å². The van der Waals surface area contributed by atoms with Crippen molar-refractivity contribution < 1.29 is 14.3 Å². The normalized spacial score (nSPS) is 12.6. The maximum absolute atomic E-state index is 11.2. The van der Waals surface area contributed by atoms with Crippen LogP contribution in [-0.2, 0) is 14.3 Å². The van der Waals surface area contributed by atoms with Gasteiger partial charge in [0, 0.05) is 12.2 Å². The first kappa shape index (κ1) is 15.5. The van der Waals surface area contributed by atoms with Crippen LogP contribution in [0.3, 0.4) is 0 Å². The second kappa shape index (κ2) is 8.62. The number of ether oxygens (including phenoxy) is 1. The molecule has 0 saturated carbocycles. The standard InChI is InChI=1S/C12H22O3S/c1-5-6-11(16-10(4)13)7-8-15-12(14)9(2)3/h9,11H,5-8H2,1-4H3. The highest BCUT2D eigenvalue weighted by Gasteiger charge is 2.13. The highest BCUT2D eigenvalue weighted by atomic mass is 32.2. The Morgan fingerprint density at radius 2 is 1.88 bits per heavy atom. The molecule has 0 fully saturated rings. The number of hydrogen-bond acceptors (Lipinski definition) is 4. The molecule has 3 nitrogen and oxygen atoms in total. The van der Waals surface area contributed by atoms with E-state index in [1.807, 2.05) is 13.8 Å². The van der Waals surface area contributed by atoms with Crippen LogP contribution in [0.5, 0.6) is 0 Å². The summed E-state index contributed by atoms with van der Waals surface area (Å²) in [6.07, 6.45) is 2.79. The monoisotopic (exact) mass is 246 g/mol. The average Bonchev–Trinajstić information content (AvgIpc) is 2.16. The quantitative estimate of drug-likeness (QED) is 0.648. The van der Waals surface area contributed by atoms with Crippen LogP contribution in [0.1, 0.15) is 47.0 Å². The third kappa shape index (κ3) is 7.74. The zero-order chi connectivity index (χ0) is 12.6. The van der Waals surface area contributed by atoms with Gasteiger partial charge >= 0.3 is 5.97 Å². The molecule has 0 saturated heterocycles. The molecule has 0 aromatic carbocycles. The Labute approximate surface area is 102 Å². The molecule has 0 aliphatic heterocycles. The molecule has 0 amide bonds. The van der Waals surface area contributed by atoms with E-state index in [4.69, 9.17) is 4.74 Å². The van der Waals surface area contributed by atoms with Gasteiger partial charge in [0.25, 0.3) is 0 Å². The van der Waals surface area contributed by atoms with Gasteiger partial charge in [0.1, 0.15) is 0 Å². The molecular weight excluding hydrogens is 224 g/mol. The zero-order valence-electron chi connectivity index (χ0n) is 10.6. The first-order valence-corrected chi connectivity index (χ1v) is 6.69. The first-order valence-electron chi connectivity index (χ1n) is 5.81. The van der Waals surface area contributed by atoms with E-state index >= 15 is 0 Å². The van der Waals surface area contributed by atoms with Crippen LogP contribution < -0.4 is 0 Å². The lowest BCUT2D eigenvalue weighted by molar-refractivity contribution is -0.147. The van der Waals surface area contributed by atoms with Gasteiger partial charge in [-0.05, 0) is 12.8 Å². The smallest absolute Gasteiger partial charge is 0.308 e. The maximum atomic E-state index is 11.2. The van der Waals surface area contributed by atoms with E-state index in [9.17, 15) is 9.59 Å². The van der Waals surface area contributed by atoms with Crippen LogP contribution in [0, 0.1) is 5.92 Å². The van der Waals surface area contributed by atoms with Crippen molar-refractivity contribution in [1.29, 1.82) is 0 Å². The van der Waals surface area contributed by atoms with Gasteiger partial charge in [0.15, 0.2) is 5.12 Å². The Morgan fingerprint density at radius 1 is 1.25 bits per heavy atom. The summed E-state index contributed by atoms with van der Waals surface area (Å²) in [4.78, 5) is 22.2. The minimum absolute atomic E-state index is 0.0786. The molecule has 0 aliphatic rings. The van der Waals surface area contributed by atoms with Gasteiger partial charge in [-0.25, -0.2) is 0 Å². The summed E-state index contributed by atoms with van der Waals surface area (Å²) >= 11 is 1.35. The predicted octanol–water partition coefficient (Wildman–Crippen LogP) is 3.02. The summed E-state index contributed by atoms with van der Waals surface area (Å²) in [7, 11) is 0. The van der Waals surface area contributed by atoms with Crippen molar-refractivity contribution in [3.63, 3.8) is 0 Å². The maximum Gasteiger partial charge on any atom is 0.308 e. The molecule has 0 aromatic heterocycles. The Bertz CT molecular complexity index is 226. The van der Waals surface area contributed by atoms with E-state index < -0.39 is 0 Å². The van der Waals surface area contributed by atoms with Crippen molar-refractivity contribution in [2.24, 2.45) is 5.92 Å². The van der Waals surface area contributed by atoms with Gasteiger partial charge in [-0.15, -0.1) is 0 Å². The van der Waals surface area contributed by atoms with E-state index in [2.05, 4.69) is 6.92 Å². The van der Waals surface area contributed by atoms with E-state index in [-0.39, 0.29) is 22.3 Å². The second-order valence-corrected chi connectivity index (χ2v) is 5.61. The number of esters is 1. The minimum atomic E-state index is -0.164. The van der Waals surface area contributed by atoms with Gasteiger partial charge in [-0.1, -0.05) is 39.0 Å². The predicted molar refractivity (Wildman–Crippen MR) is 67.4 cm³/mol. The van der Waals surface area contributed by atoms with Crippen LogP contribution >= 0.6 is 11.8 Å².